The van der Waals surface area contributed by atoms with E-state index in [1.54, 1.807) is 12.4 Å². The minimum Gasteiger partial charge on any atom is -0.256 e. The Kier molecular flexibility index (Phi) is 2.31. The third-order valence-corrected chi connectivity index (χ3v) is 1.30. The van der Waals surface area contributed by atoms with Crippen LogP contribution in [0.25, 0.3) is 0 Å². The number of aromatic nitrogens is 2. The van der Waals surface area contributed by atoms with Gasteiger partial charge in [0.1, 0.15) is 0 Å². The molecule has 58 valence electrons. The third kappa shape index (κ3) is 1.83. The van der Waals surface area contributed by atoms with Gasteiger partial charge in [-0.1, -0.05) is 0 Å². The number of nitrogens with zero attached hydrogens (tertiary/aromatic N) is 3. The highest BCUT2D eigenvalue weighted by molar-refractivity contribution is 5.59. The van der Waals surface area contributed by atoms with Gasteiger partial charge in [0.05, 0.1) is 11.4 Å². The maximum Gasteiger partial charge on any atom is 0.173 e. The van der Waals surface area contributed by atoms with E-state index in [4.69, 9.17) is 0 Å². The topological polar surface area (TPSA) is 38.1 Å². The molecule has 0 spiro atoms. The molecule has 0 amide bonds. The predicted octanol–water partition coefficient (Wildman–Crippen LogP) is 1.82. The van der Waals surface area contributed by atoms with Crippen LogP contribution in [0.5, 0.6) is 0 Å². The van der Waals surface area contributed by atoms with E-state index in [-0.39, 0.29) is 0 Å². The van der Waals surface area contributed by atoms with Crippen LogP contribution in [0.15, 0.2) is 11.2 Å². The van der Waals surface area contributed by atoms with Crippen LogP contribution < -0.4 is 0 Å². The first-order valence-corrected chi connectivity index (χ1v) is 3.53. The summed E-state index contributed by atoms with van der Waals surface area (Å²) in [6, 6.07) is 0. The van der Waals surface area contributed by atoms with E-state index in [1.807, 2.05) is 20.8 Å². The molecule has 0 N–H and O–H groups in total. The highest BCUT2D eigenvalue weighted by Crippen LogP contribution is 2.11. The van der Waals surface area contributed by atoms with Gasteiger partial charge in [0, 0.05) is 12.4 Å². The number of hydrogen-bond acceptors (Lipinski definition) is 3. The Bertz CT molecular complexity index is 279. The van der Waals surface area contributed by atoms with E-state index in [1.165, 1.54) is 0 Å². The summed E-state index contributed by atoms with van der Waals surface area (Å²) in [5.41, 5.74) is 1.77. The fourth-order valence-corrected chi connectivity index (χ4v) is 0.769. The molecule has 0 aliphatic carbocycles. The monoisotopic (exact) mass is 149 g/mol. The van der Waals surface area contributed by atoms with Crippen LogP contribution in [0, 0.1) is 13.8 Å². The van der Waals surface area contributed by atoms with Crippen molar-refractivity contribution in [2.75, 3.05) is 0 Å². The molecule has 0 radical (unpaired) electrons. The molecule has 1 rings (SSSR count). The molecule has 3 heteroatoms. The number of aryl methyl sites for hydroxylation is 2. The van der Waals surface area contributed by atoms with E-state index < -0.39 is 0 Å². The molecule has 0 saturated carbocycles. The van der Waals surface area contributed by atoms with Crippen LogP contribution in [0.1, 0.15) is 18.3 Å². The van der Waals surface area contributed by atoms with Gasteiger partial charge in [-0.05, 0) is 20.8 Å². The van der Waals surface area contributed by atoms with Gasteiger partial charge in [-0.25, -0.2) is 9.98 Å². The summed E-state index contributed by atoms with van der Waals surface area (Å²) in [6.45, 7) is 5.67. The van der Waals surface area contributed by atoms with Crippen molar-refractivity contribution in [1.29, 1.82) is 0 Å². The number of rotatable bonds is 1. The predicted molar refractivity (Wildman–Crippen MR) is 45.3 cm³/mol. The summed E-state index contributed by atoms with van der Waals surface area (Å²) in [5, 5.41) is 0. The van der Waals surface area contributed by atoms with E-state index in [0.717, 1.165) is 11.4 Å². The molecule has 0 aliphatic heterocycles. The summed E-state index contributed by atoms with van der Waals surface area (Å²) < 4.78 is 0. The van der Waals surface area contributed by atoms with Crippen molar-refractivity contribution in [3.05, 3.63) is 17.6 Å². The SMILES string of the molecule is CC=Nc1nc(C)cnc1C. The van der Waals surface area contributed by atoms with E-state index >= 15 is 0 Å². The molecular formula is C8H11N3. The Morgan fingerprint density at radius 1 is 1.45 bits per heavy atom. The Morgan fingerprint density at radius 3 is 2.82 bits per heavy atom. The Labute approximate surface area is 66.2 Å². The first-order chi connectivity index (χ1) is 5.24. The summed E-state index contributed by atoms with van der Waals surface area (Å²) in [5.74, 6) is 0.715. The molecule has 11 heavy (non-hydrogen) atoms. The van der Waals surface area contributed by atoms with Crippen LogP contribution in [0.2, 0.25) is 0 Å². The molecule has 3 nitrogen and oxygen atoms in total. The molecule has 0 unspecified atom stereocenters. The number of aliphatic imine (C=N–C) groups is 1. The van der Waals surface area contributed by atoms with Gasteiger partial charge >= 0.3 is 0 Å². The second-order valence-electron chi connectivity index (χ2n) is 2.31. The lowest BCUT2D eigenvalue weighted by Crippen LogP contribution is -1.88. The van der Waals surface area contributed by atoms with Crippen molar-refractivity contribution in [2.45, 2.75) is 20.8 Å². The smallest absolute Gasteiger partial charge is 0.173 e. The maximum absolute atomic E-state index is 4.20. The summed E-state index contributed by atoms with van der Waals surface area (Å²) in [4.78, 5) is 12.4. The largest absolute Gasteiger partial charge is 0.256 e. The quantitative estimate of drug-likeness (QED) is 0.571. The Morgan fingerprint density at radius 2 is 2.18 bits per heavy atom. The van der Waals surface area contributed by atoms with E-state index in [2.05, 4.69) is 15.0 Å². The zero-order chi connectivity index (χ0) is 8.27. The lowest BCUT2D eigenvalue weighted by molar-refractivity contribution is 1.05. The lowest BCUT2D eigenvalue weighted by Gasteiger charge is -1.97. The first-order valence-electron chi connectivity index (χ1n) is 3.53. The maximum atomic E-state index is 4.20. The zero-order valence-electron chi connectivity index (χ0n) is 7.00. The first kappa shape index (κ1) is 7.85. The van der Waals surface area contributed by atoms with Crippen molar-refractivity contribution >= 4 is 12.0 Å². The second-order valence-corrected chi connectivity index (χ2v) is 2.31. The van der Waals surface area contributed by atoms with Gasteiger partial charge in [-0.3, -0.25) is 4.98 Å². The van der Waals surface area contributed by atoms with Crippen molar-refractivity contribution in [2.24, 2.45) is 4.99 Å². The molecule has 0 fully saturated rings. The molecule has 1 heterocycles. The van der Waals surface area contributed by atoms with Crippen molar-refractivity contribution < 1.29 is 0 Å². The average Bonchev–Trinajstić information content (AvgIpc) is 1.98. The van der Waals surface area contributed by atoms with Crippen LogP contribution >= 0.6 is 0 Å². The third-order valence-electron chi connectivity index (χ3n) is 1.30. The van der Waals surface area contributed by atoms with Crippen LogP contribution in [0.3, 0.4) is 0 Å². The zero-order valence-corrected chi connectivity index (χ0v) is 7.00. The molecule has 1 aromatic rings. The fourth-order valence-electron chi connectivity index (χ4n) is 0.769. The summed E-state index contributed by atoms with van der Waals surface area (Å²) in [7, 11) is 0. The van der Waals surface area contributed by atoms with Crippen LogP contribution in [0.4, 0.5) is 5.82 Å². The minimum absolute atomic E-state index is 0.715. The minimum atomic E-state index is 0.715. The van der Waals surface area contributed by atoms with Gasteiger partial charge in [-0.15, -0.1) is 0 Å². The summed E-state index contributed by atoms with van der Waals surface area (Å²) >= 11 is 0. The molecular weight excluding hydrogens is 138 g/mol. The van der Waals surface area contributed by atoms with Crippen molar-refractivity contribution in [1.82, 2.24) is 9.97 Å². The Hall–Kier alpha value is -1.25. The van der Waals surface area contributed by atoms with Gasteiger partial charge < -0.3 is 0 Å². The van der Waals surface area contributed by atoms with Gasteiger partial charge in [0.2, 0.25) is 0 Å². The van der Waals surface area contributed by atoms with E-state index in [9.17, 15) is 0 Å². The summed E-state index contributed by atoms with van der Waals surface area (Å²) in [6.07, 6.45) is 3.46. The fraction of sp³-hybridized carbons (Fsp3) is 0.375. The van der Waals surface area contributed by atoms with Crippen LogP contribution in [-0.2, 0) is 0 Å². The van der Waals surface area contributed by atoms with Crippen molar-refractivity contribution in [3.8, 4) is 0 Å². The molecule has 0 atom stereocenters. The number of hydrogen-bond donors (Lipinski definition) is 0. The lowest BCUT2D eigenvalue weighted by atomic mass is 10.4. The standard InChI is InChI=1S/C8H11N3/c1-4-9-8-7(3)10-5-6(2)11-8/h4-5H,1-3H3. The molecule has 0 saturated heterocycles. The molecule has 0 aliphatic rings. The van der Waals surface area contributed by atoms with Crippen LogP contribution in [-0.4, -0.2) is 16.2 Å². The van der Waals surface area contributed by atoms with Crippen molar-refractivity contribution in [3.63, 3.8) is 0 Å². The highest BCUT2D eigenvalue weighted by atomic mass is 14.9. The average molecular weight is 149 g/mol. The normalized spacial score (nSPS) is 10.8. The van der Waals surface area contributed by atoms with Gasteiger partial charge in [-0.2, -0.15) is 0 Å². The van der Waals surface area contributed by atoms with Gasteiger partial charge in [0.25, 0.3) is 0 Å². The molecule has 1 aromatic heterocycles. The molecule has 0 bridgehead atoms. The Balaban J connectivity index is 3.12. The molecule has 0 aromatic carbocycles. The van der Waals surface area contributed by atoms with Gasteiger partial charge in [0.15, 0.2) is 5.82 Å². The van der Waals surface area contributed by atoms with E-state index in [0.29, 0.717) is 5.82 Å². The second kappa shape index (κ2) is 3.23. The highest BCUT2D eigenvalue weighted by Gasteiger charge is 1.96.